The predicted octanol–water partition coefficient (Wildman–Crippen LogP) is 2.85. The fourth-order valence-corrected chi connectivity index (χ4v) is 24.6. The molecular formula is C30H40Cl2SiZr. The molecule has 0 fully saturated rings. The van der Waals surface area contributed by atoms with Gasteiger partial charge in [0.25, 0.3) is 0 Å². The number of rotatable bonds is 3. The maximum atomic E-state index is 2.62. The van der Waals surface area contributed by atoms with Crippen LogP contribution in [0.5, 0.6) is 0 Å². The molecule has 0 radical (unpaired) electrons. The van der Waals surface area contributed by atoms with E-state index in [1.54, 1.807) is 16.7 Å². The number of allylic oxidation sites excluding steroid dienone is 4. The Morgan fingerprint density at radius 1 is 0.824 bits per heavy atom. The summed E-state index contributed by atoms with van der Waals surface area (Å²) in [4.78, 5) is 0. The number of fused-ring (bicyclic) bond motifs is 3. The SMILES string of the molecule is CCC1=[C]([Zr+2]([CH]2c3cc(C(C)(C)C)ccc3-c3ccc(C(C)(C)C)cc32)=[Si](C)C)CC=C1.[Cl-].[Cl-]. The van der Waals surface area contributed by atoms with Crippen LogP contribution in [0.15, 0.2) is 57.4 Å². The molecule has 0 unspecified atom stereocenters. The molecule has 0 bridgehead atoms. The van der Waals surface area contributed by atoms with Gasteiger partial charge in [0.15, 0.2) is 0 Å². The first-order valence-corrected chi connectivity index (χ1v) is 21.1. The molecule has 0 nitrogen and oxygen atoms in total. The molecule has 0 amide bonds. The number of halogens is 2. The molecule has 0 spiro atoms. The molecule has 0 aromatic heterocycles. The van der Waals surface area contributed by atoms with E-state index in [-0.39, 0.29) is 41.1 Å². The van der Waals surface area contributed by atoms with Crippen molar-refractivity contribution < 1.29 is 45.2 Å². The van der Waals surface area contributed by atoms with E-state index in [4.69, 9.17) is 0 Å². The van der Waals surface area contributed by atoms with Crippen molar-refractivity contribution in [1.82, 2.24) is 0 Å². The molecule has 2 aromatic carbocycles. The van der Waals surface area contributed by atoms with Gasteiger partial charge in [0, 0.05) is 0 Å². The van der Waals surface area contributed by atoms with Gasteiger partial charge in [-0.2, -0.15) is 0 Å². The Morgan fingerprint density at radius 2 is 1.29 bits per heavy atom. The Labute approximate surface area is 228 Å². The van der Waals surface area contributed by atoms with Crippen molar-refractivity contribution in [2.45, 2.75) is 88.9 Å². The average molecular weight is 591 g/mol. The second kappa shape index (κ2) is 10.9. The summed E-state index contributed by atoms with van der Waals surface area (Å²) >= 11 is -1.95. The maximum Gasteiger partial charge on any atom is -1.00 e. The molecule has 2 aliphatic carbocycles. The molecule has 0 heterocycles. The third-order valence-corrected chi connectivity index (χ3v) is 25.7. The van der Waals surface area contributed by atoms with E-state index < -0.39 is 20.4 Å². The van der Waals surface area contributed by atoms with Gasteiger partial charge >= 0.3 is 205 Å². The van der Waals surface area contributed by atoms with Gasteiger partial charge in [0.05, 0.1) is 0 Å². The van der Waals surface area contributed by atoms with Crippen LogP contribution in [-0.4, -0.2) is 5.43 Å². The molecular weight excluding hydrogens is 551 g/mol. The second-order valence-corrected chi connectivity index (χ2v) is 29.4. The Balaban J connectivity index is 0.00000204. The van der Waals surface area contributed by atoms with E-state index >= 15 is 0 Å². The summed E-state index contributed by atoms with van der Waals surface area (Å²) < 4.78 is 2.59. The number of benzene rings is 2. The molecule has 0 N–H and O–H groups in total. The topological polar surface area (TPSA) is 0 Å². The minimum absolute atomic E-state index is 0. The quantitative estimate of drug-likeness (QED) is 0.483. The molecule has 0 atom stereocenters. The zero-order valence-electron chi connectivity index (χ0n) is 22.4. The van der Waals surface area contributed by atoms with Crippen molar-refractivity contribution in [3.8, 4) is 11.1 Å². The second-order valence-electron chi connectivity index (χ2n) is 11.9. The predicted molar refractivity (Wildman–Crippen MR) is 140 cm³/mol. The maximum absolute atomic E-state index is 2.62. The van der Waals surface area contributed by atoms with Gasteiger partial charge in [-0.15, -0.1) is 0 Å². The standard InChI is InChI=1S/C21H25.C7H9.C2H6Si.2ClH.Zr/c1-20(2,3)16-7-9-18-14(12-16)11-15-13-17(21(4,5)6)8-10-19(15)18;1-2-7-5-3-4-6-7;1-3-2;;;/h7-13H,1-6H3;3,5H,2,4H2,1H3;1-2H3;2*1H;/q;;;;;+2/p-2. The number of hydrogen-bond acceptors (Lipinski definition) is 0. The van der Waals surface area contributed by atoms with E-state index in [2.05, 4.69) is 110 Å². The first-order chi connectivity index (χ1) is 14.9. The van der Waals surface area contributed by atoms with Gasteiger partial charge in [-0.05, 0) is 0 Å². The Morgan fingerprint density at radius 3 is 1.68 bits per heavy atom. The molecule has 4 rings (SSSR count). The van der Waals surface area contributed by atoms with Gasteiger partial charge in [-0.25, -0.2) is 0 Å². The summed E-state index contributed by atoms with van der Waals surface area (Å²) in [6.07, 6.45) is 7.33. The molecule has 34 heavy (non-hydrogen) atoms. The van der Waals surface area contributed by atoms with Gasteiger partial charge in [-0.3, -0.25) is 0 Å². The Hall–Kier alpha value is -0.400. The first-order valence-electron chi connectivity index (χ1n) is 12.3. The summed E-state index contributed by atoms with van der Waals surface area (Å²) in [6.45, 7) is 21.7. The molecule has 0 saturated heterocycles. The normalized spacial score (nSPS) is 14.7. The zero-order valence-corrected chi connectivity index (χ0v) is 27.3. The molecule has 0 aliphatic heterocycles. The monoisotopic (exact) mass is 588 g/mol. The minimum Gasteiger partial charge on any atom is -1.00 e. The van der Waals surface area contributed by atoms with E-state index in [1.807, 2.05) is 3.28 Å². The van der Waals surface area contributed by atoms with Crippen LogP contribution in [0, 0.1) is 0 Å². The van der Waals surface area contributed by atoms with Crippen LogP contribution in [0.25, 0.3) is 11.1 Å². The minimum atomic E-state index is -1.95. The van der Waals surface area contributed by atoms with Crippen molar-refractivity contribution in [2.24, 2.45) is 0 Å². The summed E-state index contributed by atoms with van der Waals surface area (Å²) in [7, 11) is 0. The average Bonchev–Trinajstić information content (AvgIpc) is 3.29. The van der Waals surface area contributed by atoms with E-state index in [0.29, 0.717) is 3.63 Å². The smallest absolute Gasteiger partial charge is 1.00 e. The van der Waals surface area contributed by atoms with Gasteiger partial charge in [0.1, 0.15) is 0 Å². The first kappa shape index (κ1) is 29.8. The molecule has 2 aromatic rings. The van der Waals surface area contributed by atoms with Crippen LogP contribution in [0.1, 0.15) is 87.2 Å². The third-order valence-electron chi connectivity index (χ3n) is 7.31. The van der Waals surface area contributed by atoms with Gasteiger partial charge < -0.3 is 24.8 Å². The van der Waals surface area contributed by atoms with Gasteiger partial charge in [-0.1, -0.05) is 0 Å². The van der Waals surface area contributed by atoms with Crippen LogP contribution in [0.2, 0.25) is 13.1 Å². The van der Waals surface area contributed by atoms with Crippen LogP contribution < -0.4 is 24.8 Å². The third kappa shape index (κ3) is 5.46. The molecule has 2 aliphatic rings. The number of hydrogen-bond donors (Lipinski definition) is 0. The van der Waals surface area contributed by atoms with Crippen molar-refractivity contribution in [1.29, 1.82) is 0 Å². The van der Waals surface area contributed by atoms with E-state index in [0.717, 1.165) is 0 Å². The summed E-state index contributed by atoms with van der Waals surface area (Å²) in [5, 5.41) is 0. The molecule has 4 heteroatoms. The van der Waals surface area contributed by atoms with E-state index in [1.165, 1.54) is 35.1 Å². The molecule has 0 saturated carbocycles. The van der Waals surface area contributed by atoms with Gasteiger partial charge in [0.2, 0.25) is 0 Å². The van der Waals surface area contributed by atoms with Crippen LogP contribution in [0.3, 0.4) is 0 Å². The van der Waals surface area contributed by atoms with Crippen LogP contribution >= 0.6 is 0 Å². The fraction of sp³-hybridized carbons (Fsp3) is 0.467. The fourth-order valence-electron chi connectivity index (χ4n) is 5.43. The Bertz CT molecular complexity index is 1110. The van der Waals surface area contributed by atoms with E-state index in [9.17, 15) is 0 Å². The van der Waals surface area contributed by atoms with Crippen molar-refractivity contribution in [3.05, 3.63) is 79.7 Å². The van der Waals surface area contributed by atoms with Crippen molar-refractivity contribution >= 4 is 5.43 Å². The van der Waals surface area contributed by atoms with Crippen molar-refractivity contribution in [3.63, 3.8) is 0 Å². The van der Waals surface area contributed by atoms with Crippen LogP contribution in [-0.2, 0) is 31.2 Å². The van der Waals surface area contributed by atoms with Crippen LogP contribution in [0.4, 0.5) is 0 Å². The summed E-state index contributed by atoms with van der Waals surface area (Å²) in [6, 6.07) is 14.9. The Kier molecular flexibility index (Phi) is 9.58. The largest absolute Gasteiger partial charge is 1.00 e. The molecule has 182 valence electrons. The van der Waals surface area contributed by atoms with Crippen molar-refractivity contribution in [2.75, 3.05) is 0 Å². The summed E-state index contributed by atoms with van der Waals surface area (Å²) in [5.41, 5.74) is 11.0. The zero-order chi connectivity index (χ0) is 23.4. The summed E-state index contributed by atoms with van der Waals surface area (Å²) in [5.74, 6) is 0.